The summed E-state index contributed by atoms with van der Waals surface area (Å²) in [5.74, 6) is 1.65. The summed E-state index contributed by atoms with van der Waals surface area (Å²) in [5, 5.41) is 17.0. The third-order valence-corrected chi connectivity index (χ3v) is 3.67. The van der Waals surface area contributed by atoms with Gasteiger partial charge in [0, 0.05) is 30.4 Å². The molecule has 0 bridgehead atoms. The molecule has 1 aromatic heterocycles. The van der Waals surface area contributed by atoms with Gasteiger partial charge in [-0.15, -0.1) is 5.10 Å². The number of hydrogen-bond donors (Lipinski definition) is 3. The van der Waals surface area contributed by atoms with Crippen LogP contribution in [-0.2, 0) is 11.3 Å². The van der Waals surface area contributed by atoms with Gasteiger partial charge in [-0.3, -0.25) is 4.79 Å². The van der Waals surface area contributed by atoms with Crippen LogP contribution in [0.4, 0.5) is 23.1 Å². The molecule has 138 valence electrons. The SMILES string of the molecule is COc1ccccc1CNc1cnnc(Nc2ccc(NC(C)=O)cc2)n1. The molecular weight excluding hydrogens is 344 g/mol. The summed E-state index contributed by atoms with van der Waals surface area (Å²) in [6, 6.07) is 15.0. The molecule has 27 heavy (non-hydrogen) atoms. The minimum Gasteiger partial charge on any atom is -0.496 e. The molecule has 1 heterocycles. The van der Waals surface area contributed by atoms with Gasteiger partial charge in [-0.25, -0.2) is 0 Å². The number of rotatable bonds is 7. The Morgan fingerprint density at radius 2 is 1.81 bits per heavy atom. The number of para-hydroxylation sites is 1. The molecule has 3 rings (SSSR count). The number of nitrogens with one attached hydrogen (secondary N) is 3. The third-order valence-electron chi connectivity index (χ3n) is 3.67. The number of ether oxygens (including phenoxy) is 1. The Morgan fingerprint density at radius 3 is 2.56 bits per heavy atom. The van der Waals surface area contributed by atoms with Crippen LogP contribution in [0, 0.1) is 0 Å². The minimum absolute atomic E-state index is 0.114. The normalized spacial score (nSPS) is 10.1. The Labute approximate surface area is 157 Å². The molecular formula is C19H20N6O2. The molecule has 0 radical (unpaired) electrons. The highest BCUT2D eigenvalue weighted by Gasteiger charge is 2.05. The Morgan fingerprint density at radius 1 is 1.07 bits per heavy atom. The van der Waals surface area contributed by atoms with Crippen molar-refractivity contribution in [2.24, 2.45) is 0 Å². The van der Waals surface area contributed by atoms with Crippen LogP contribution in [0.2, 0.25) is 0 Å². The molecule has 3 N–H and O–H groups in total. The standard InChI is InChI=1S/C19H20N6O2/c1-13(26)22-15-7-9-16(10-8-15)23-19-24-18(12-21-25-19)20-11-14-5-3-4-6-17(14)27-2/h3-10,12H,11H2,1-2H3,(H,22,26)(H2,20,23,24,25). The Bertz CT molecular complexity index is 914. The van der Waals surface area contributed by atoms with Gasteiger partial charge in [0.05, 0.1) is 13.3 Å². The Balaban J connectivity index is 1.64. The van der Waals surface area contributed by atoms with Gasteiger partial charge in [0.2, 0.25) is 11.9 Å². The highest BCUT2D eigenvalue weighted by Crippen LogP contribution is 2.19. The number of amides is 1. The molecule has 0 saturated heterocycles. The van der Waals surface area contributed by atoms with Gasteiger partial charge in [-0.2, -0.15) is 10.1 Å². The molecule has 0 aliphatic rings. The number of benzene rings is 2. The lowest BCUT2D eigenvalue weighted by atomic mass is 10.2. The van der Waals surface area contributed by atoms with Crippen LogP contribution >= 0.6 is 0 Å². The lowest BCUT2D eigenvalue weighted by Gasteiger charge is -2.10. The second-order valence-electron chi connectivity index (χ2n) is 5.71. The lowest BCUT2D eigenvalue weighted by Crippen LogP contribution is -2.07. The highest BCUT2D eigenvalue weighted by atomic mass is 16.5. The molecule has 0 aliphatic carbocycles. The van der Waals surface area contributed by atoms with Crippen LogP contribution in [0.15, 0.2) is 54.7 Å². The number of hydrogen-bond acceptors (Lipinski definition) is 7. The molecule has 0 spiro atoms. The van der Waals surface area contributed by atoms with E-state index in [9.17, 15) is 4.79 Å². The van der Waals surface area contributed by atoms with Crippen LogP contribution in [0.5, 0.6) is 5.75 Å². The molecule has 0 fully saturated rings. The van der Waals surface area contributed by atoms with Crippen LogP contribution in [-0.4, -0.2) is 28.2 Å². The maximum atomic E-state index is 11.1. The molecule has 2 aromatic carbocycles. The zero-order valence-electron chi connectivity index (χ0n) is 15.1. The largest absolute Gasteiger partial charge is 0.496 e. The summed E-state index contributed by atoms with van der Waals surface area (Å²) in [5.41, 5.74) is 2.52. The fourth-order valence-electron chi connectivity index (χ4n) is 2.45. The zero-order chi connectivity index (χ0) is 19.1. The van der Waals surface area contributed by atoms with Crippen molar-refractivity contribution in [3.05, 3.63) is 60.3 Å². The average molecular weight is 364 g/mol. The van der Waals surface area contributed by atoms with Crippen molar-refractivity contribution >= 4 is 29.0 Å². The zero-order valence-corrected chi connectivity index (χ0v) is 15.1. The fraction of sp³-hybridized carbons (Fsp3) is 0.158. The number of anilines is 4. The summed E-state index contributed by atoms with van der Waals surface area (Å²) < 4.78 is 5.34. The van der Waals surface area contributed by atoms with Crippen LogP contribution in [0.25, 0.3) is 0 Å². The van der Waals surface area contributed by atoms with E-state index in [0.29, 0.717) is 18.3 Å². The van der Waals surface area contributed by atoms with Crippen molar-refractivity contribution in [2.75, 3.05) is 23.1 Å². The van der Waals surface area contributed by atoms with Crippen molar-refractivity contribution in [2.45, 2.75) is 13.5 Å². The van der Waals surface area contributed by atoms with Gasteiger partial charge in [0.1, 0.15) is 5.75 Å². The molecule has 3 aromatic rings. The van der Waals surface area contributed by atoms with Crippen molar-refractivity contribution in [3.8, 4) is 5.75 Å². The van der Waals surface area contributed by atoms with E-state index in [4.69, 9.17) is 4.74 Å². The quantitative estimate of drug-likeness (QED) is 0.592. The Kier molecular flexibility index (Phi) is 5.78. The van der Waals surface area contributed by atoms with Gasteiger partial charge in [0.25, 0.3) is 0 Å². The summed E-state index contributed by atoms with van der Waals surface area (Å²) in [7, 11) is 1.64. The summed E-state index contributed by atoms with van der Waals surface area (Å²) in [6.07, 6.45) is 1.56. The summed E-state index contributed by atoms with van der Waals surface area (Å²) in [4.78, 5) is 15.5. The number of carbonyl (C=O) groups is 1. The van der Waals surface area contributed by atoms with Crippen molar-refractivity contribution in [1.29, 1.82) is 0 Å². The van der Waals surface area contributed by atoms with Gasteiger partial charge in [-0.05, 0) is 30.3 Å². The smallest absolute Gasteiger partial charge is 0.249 e. The molecule has 1 amide bonds. The van der Waals surface area contributed by atoms with E-state index in [1.54, 1.807) is 25.4 Å². The molecule has 0 saturated carbocycles. The second-order valence-corrected chi connectivity index (χ2v) is 5.71. The fourth-order valence-corrected chi connectivity index (χ4v) is 2.45. The maximum Gasteiger partial charge on any atom is 0.249 e. The number of carbonyl (C=O) groups excluding carboxylic acids is 1. The molecule has 8 nitrogen and oxygen atoms in total. The molecule has 0 aliphatic heterocycles. The molecule has 8 heteroatoms. The predicted octanol–water partition coefficient (Wildman–Crippen LogP) is 3.19. The topological polar surface area (TPSA) is 101 Å². The van der Waals surface area contributed by atoms with Crippen molar-refractivity contribution in [1.82, 2.24) is 15.2 Å². The monoisotopic (exact) mass is 364 g/mol. The van der Waals surface area contributed by atoms with Crippen LogP contribution in [0.1, 0.15) is 12.5 Å². The molecule has 0 atom stereocenters. The van der Waals surface area contributed by atoms with Gasteiger partial charge >= 0.3 is 0 Å². The van der Waals surface area contributed by atoms with Crippen LogP contribution in [0.3, 0.4) is 0 Å². The number of aromatic nitrogens is 3. The first-order valence-electron chi connectivity index (χ1n) is 8.34. The Hall–Kier alpha value is -3.68. The van der Waals surface area contributed by atoms with Crippen molar-refractivity contribution < 1.29 is 9.53 Å². The number of nitrogens with zero attached hydrogens (tertiary/aromatic N) is 3. The van der Waals surface area contributed by atoms with E-state index in [0.717, 1.165) is 22.7 Å². The van der Waals surface area contributed by atoms with E-state index in [-0.39, 0.29) is 5.91 Å². The summed E-state index contributed by atoms with van der Waals surface area (Å²) in [6.45, 7) is 2.02. The first-order valence-corrected chi connectivity index (χ1v) is 8.34. The molecule has 0 unspecified atom stereocenters. The van der Waals surface area contributed by atoms with Gasteiger partial charge in [-0.1, -0.05) is 18.2 Å². The first kappa shape index (κ1) is 18.1. The van der Waals surface area contributed by atoms with E-state index in [1.807, 2.05) is 36.4 Å². The van der Waals surface area contributed by atoms with E-state index in [2.05, 4.69) is 31.1 Å². The second kappa shape index (κ2) is 8.61. The summed E-state index contributed by atoms with van der Waals surface area (Å²) >= 11 is 0. The highest BCUT2D eigenvalue weighted by molar-refractivity contribution is 5.88. The predicted molar refractivity (Wildman–Crippen MR) is 104 cm³/mol. The van der Waals surface area contributed by atoms with E-state index in [1.165, 1.54) is 6.92 Å². The van der Waals surface area contributed by atoms with E-state index < -0.39 is 0 Å². The third kappa shape index (κ3) is 5.15. The number of methoxy groups -OCH3 is 1. The van der Waals surface area contributed by atoms with Crippen molar-refractivity contribution in [3.63, 3.8) is 0 Å². The van der Waals surface area contributed by atoms with Gasteiger partial charge < -0.3 is 20.7 Å². The van der Waals surface area contributed by atoms with E-state index >= 15 is 0 Å². The lowest BCUT2D eigenvalue weighted by molar-refractivity contribution is -0.114. The minimum atomic E-state index is -0.114. The van der Waals surface area contributed by atoms with Gasteiger partial charge in [0.15, 0.2) is 5.82 Å². The maximum absolute atomic E-state index is 11.1. The first-order chi connectivity index (χ1) is 13.1. The average Bonchev–Trinajstić information content (AvgIpc) is 2.68. The van der Waals surface area contributed by atoms with Crippen LogP contribution < -0.4 is 20.7 Å².